The summed E-state index contributed by atoms with van der Waals surface area (Å²) in [6, 6.07) is 17.2. The van der Waals surface area contributed by atoms with Crippen LogP contribution in [0.2, 0.25) is 0 Å². The molecule has 1 aliphatic heterocycles. The zero-order valence-electron chi connectivity index (χ0n) is 25.7. The predicted molar refractivity (Wildman–Crippen MR) is 180 cm³/mol. The molecular formula is C36H38FN7O. The molecule has 0 bridgehead atoms. The number of rotatable bonds is 9. The second-order valence-corrected chi connectivity index (χ2v) is 12.1. The highest BCUT2D eigenvalue weighted by Gasteiger charge is 2.18. The fraction of sp³-hybridized carbons (Fsp3) is 0.278. The van der Waals surface area contributed by atoms with Gasteiger partial charge in [0, 0.05) is 47.7 Å². The Balaban J connectivity index is 1.21. The first-order valence-electron chi connectivity index (χ1n) is 15.7. The maximum Gasteiger partial charge on any atom is 0.135 e. The van der Waals surface area contributed by atoms with Crippen LogP contribution in [0.15, 0.2) is 84.9 Å². The second kappa shape index (κ2) is 12.6. The van der Waals surface area contributed by atoms with Gasteiger partial charge >= 0.3 is 0 Å². The molecule has 9 heteroatoms. The Morgan fingerprint density at radius 2 is 1.91 bits per heavy atom. The van der Waals surface area contributed by atoms with Gasteiger partial charge in [0.2, 0.25) is 0 Å². The van der Waals surface area contributed by atoms with Crippen molar-refractivity contribution in [1.82, 2.24) is 30.4 Å². The van der Waals surface area contributed by atoms with E-state index in [1.54, 1.807) is 6.07 Å². The molecule has 0 saturated heterocycles. The van der Waals surface area contributed by atoms with E-state index >= 15 is 0 Å². The summed E-state index contributed by atoms with van der Waals surface area (Å²) in [6.45, 7) is 1.58. The molecule has 0 atom stereocenters. The molecule has 0 unspecified atom stereocenters. The molecule has 0 spiro atoms. The van der Waals surface area contributed by atoms with Crippen molar-refractivity contribution >= 4 is 33.2 Å². The molecule has 1 fully saturated rings. The van der Waals surface area contributed by atoms with Gasteiger partial charge in [0.1, 0.15) is 22.8 Å². The van der Waals surface area contributed by atoms with Crippen LogP contribution in [0.25, 0.3) is 50.0 Å². The van der Waals surface area contributed by atoms with E-state index in [1.807, 2.05) is 69.0 Å². The van der Waals surface area contributed by atoms with Crippen LogP contribution < -0.4 is 10.6 Å². The Bertz CT molecular complexity index is 1930. The molecule has 3 aromatic heterocycles. The normalized spacial score (nSPS) is 15.6. The first-order valence-corrected chi connectivity index (χ1v) is 15.7. The van der Waals surface area contributed by atoms with Crippen molar-refractivity contribution in [2.75, 3.05) is 32.5 Å². The van der Waals surface area contributed by atoms with Crippen LogP contribution in [0, 0.1) is 5.82 Å². The zero-order valence-corrected chi connectivity index (χ0v) is 25.7. The number of nitrogens with zero attached hydrogens (tertiary/aromatic N) is 3. The highest BCUT2D eigenvalue weighted by Crippen LogP contribution is 2.35. The number of likely N-dealkylation sites (N-methyl/N-ethyl adjacent to an activating group) is 1. The van der Waals surface area contributed by atoms with Crippen molar-refractivity contribution < 1.29 is 9.13 Å². The van der Waals surface area contributed by atoms with Crippen LogP contribution in [0.3, 0.4) is 0 Å². The van der Waals surface area contributed by atoms with Gasteiger partial charge in [0.25, 0.3) is 0 Å². The second-order valence-electron chi connectivity index (χ2n) is 12.1. The van der Waals surface area contributed by atoms with Crippen LogP contribution in [0.5, 0.6) is 0 Å². The first-order chi connectivity index (χ1) is 22.0. The lowest BCUT2D eigenvalue weighted by atomic mass is 9.98. The minimum Gasteiger partial charge on any atom is -0.490 e. The molecule has 1 saturated carbocycles. The Labute approximate surface area is 262 Å². The van der Waals surface area contributed by atoms with Crippen LogP contribution in [-0.4, -0.2) is 58.4 Å². The number of pyridine rings is 1. The summed E-state index contributed by atoms with van der Waals surface area (Å²) >= 11 is 0. The SMILES string of the molecule is CN(C)CCNc1cc(F)cc(-c2cccc3[nH]c(-c4n[nH]c5ccc(C6=CNC=CC(OC7CCCCC7)=C6)nc45)cc23)c1. The Kier molecular flexibility index (Phi) is 8.09. The van der Waals surface area contributed by atoms with E-state index in [-0.39, 0.29) is 11.9 Å². The van der Waals surface area contributed by atoms with Crippen LogP contribution in [-0.2, 0) is 4.74 Å². The van der Waals surface area contributed by atoms with Gasteiger partial charge < -0.3 is 25.3 Å². The third-order valence-corrected chi connectivity index (χ3v) is 8.46. The number of hydrogen-bond donors (Lipinski definition) is 4. The number of allylic oxidation sites excluding steroid dienone is 3. The molecule has 4 N–H and O–H groups in total. The summed E-state index contributed by atoms with van der Waals surface area (Å²) in [6.07, 6.45) is 14.0. The molecule has 2 aliphatic rings. The molecule has 230 valence electrons. The summed E-state index contributed by atoms with van der Waals surface area (Å²) < 4.78 is 21.1. The van der Waals surface area contributed by atoms with Gasteiger partial charge in [0.15, 0.2) is 0 Å². The number of halogens is 1. The molecule has 1 aliphatic carbocycles. The van der Waals surface area contributed by atoms with Gasteiger partial charge in [-0.2, -0.15) is 5.10 Å². The van der Waals surface area contributed by atoms with E-state index in [4.69, 9.17) is 9.72 Å². The van der Waals surface area contributed by atoms with Crippen LogP contribution in [0.4, 0.5) is 10.1 Å². The summed E-state index contributed by atoms with van der Waals surface area (Å²) in [5.41, 5.74) is 8.36. The lowest BCUT2D eigenvalue weighted by Crippen LogP contribution is -2.20. The Morgan fingerprint density at radius 1 is 1.02 bits per heavy atom. The maximum absolute atomic E-state index is 14.8. The van der Waals surface area contributed by atoms with Crippen molar-refractivity contribution in [3.63, 3.8) is 0 Å². The van der Waals surface area contributed by atoms with Crippen molar-refractivity contribution in [2.45, 2.75) is 38.2 Å². The number of hydrogen-bond acceptors (Lipinski definition) is 6. The monoisotopic (exact) mass is 603 g/mol. The highest BCUT2D eigenvalue weighted by atomic mass is 19.1. The van der Waals surface area contributed by atoms with Gasteiger partial charge in [-0.1, -0.05) is 18.6 Å². The lowest BCUT2D eigenvalue weighted by Gasteiger charge is -2.23. The first kappa shape index (κ1) is 28.9. The number of H-pyrrole nitrogens is 2. The Morgan fingerprint density at radius 3 is 2.78 bits per heavy atom. The van der Waals surface area contributed by atoms with E-state index in [0.717, 1.165) is 93.1 Å². The van der Waals surface area contributed by atoms with Gasteiger partial charge in [0.05, 0.1) is 23.0 Å². The van der Waals surface area contributed by atoms with Crippen molar-refractivity contribution in [2.24, 2.45) is 0 Å². The average molecular weight is 604 g/mol. The number of aromatic nitrogens is 4. The Hall–Kier alpha value is -4.89. The lowest BCUT2D eigenvalue weighted by molar-refractivity contribution is 0.0902. The third-order valence-electron chi connectivity index (χ3n) is 8.46. The topological polar surface area (TPSA) is 93.9 Å². The molecule has 5 aromatic rings. The number of nitrogens with one attached hydrogen (secondary N) is 4. The van der Waals surface area contributed by atoms with Gasteiger partial charge in [-0.25, -0.2) is 9.37 Å². The standard InChI is InChI=1S/C36H38FN7O/c1-44(2)16-15-39-26-18-23(17-25(37)20-26)29-9-6-10-32-30(29)21-34(40-32)36-35-33(42-43-36)12-11-31(41-35)24-19-28(13-14-38-22-24)45-27-7-4-3-5-8-27/h6,9-14,17-22,27,38-40H,3-5,7-8,15-16H2,1-2H3,(H,42,43). The summed E-state index contributed by atoms with van der Waals surface area (Å²) in [4.78, 5) is 10.7. The molecule has 0 amide bonds. The summed E-state index contributed by atoms with van der Waals surface area (Å²) in [5, 5.41) is 15.4. The number of ether oxygens (including phenoxy) is 1. The van der Waals surface area contributed by atoms with E-state index in [0.29, 0.717) is 0 Å². The molecule has 2 aromatic carbocycles. The van der Waals surface area contributed by atoms with Crippen LogP contribution in [0.1, 0.15) is 37.8 Å². The number of fused-ring (bicyclic) bond motifs is 2. The van der Waals surface area contributed by atoms with E-state index in [9.17, 15) is 4.39 Å². The summed E-state index contributed by atoms with van der Waals surface area (Å²) in [7, 11) is 4.04. The van der Waals surface area contributed by atoms with Crippen molar-refractivity contribution in [3.8, 4) is 22.5 Å². The fourth-order valence-corrected chi connectivity index (χ4v) is 6.16. The molecule has 8 nitrogen and oxygen atoms in total. The number of anilines is 1. The average Bonchev–Trinajstić information content (AvgIpc) is 3.59. The van der Waals surface area contributed by atoms with Crippen molar-refractivity contribution in [3.05, 3.63) is 96.4 Å². The van der Waals surface area contributed by atoms with Gasteiger partial charge in [-0.05, 0) is 106 Å². The minimum absolute atomic E-state index is 0.259. The zero-order chi connectivity index (χ0) is 30.8. The molecule has 7 rings (SSSR count). The molecular weight excluding hydrogens is 565 g/mol. The fourth-order valence-electron chi connectivity index (χ4n) is 6.16. The van der Waals surface area contributed by atoms with E-state index in [2.05, 4.69) is 42.9 Å². The van der Waals surface area contributed by atoms with Gasteiger partial charge in [-0.15, -0.1) is 0 Å². The quantitative estimate of drug-likeness (QED) is 0.139. The number of benzene rings is 2. The highest BCUT2D eigenvalue weighted by molar-refractivity contribution is 6.00. The third kappa shape index (κ3) is 6.35. The van der Waals surface area contributed by atoms with Gasteiger partial charge in [-0.3, -0.25) is 5.10 Å². The van der Waals surface area contributed by atoms with Crippen molar-refractivity contribution in [1.29, 1.82) is 0 Å². The van der Waals surface area contributed by atoms with E-state index in [1.165, 1.54) is 25.3 Å². The molecule has 0 radical (unpaired) electrons. The smallest absolute Gasteiger partial charge is 0.135 e. The minimum atomic E-state index is -0.276. The molecule has 4 heterocycles. The molecule has 45 heavy (non-hydrogen) atoms. The maximum atomic E-state index is 14.8. The number of aromatic amines is 2. The van der Waals surface area contributed by atoms with Crippen LogP contribution >= 0.6 is 0 Å². The predicted octanol–water partition coefficient (Wildman–Crippen LogP) is 7.58. The van der Waals surface area contributed by atoms with E-state index < -0.39 is 0 Å². The largest absolute Gasteiger partial charge is 0.490 e. The summed E-state index contributed by atoms with van der Waals surface area (Å²) in [5.74, 6) is 0.561.